The van der Waals surface area contributed by atoms with Crippen LogP contribution in [0.3, 0.4) is 0 Å². The Labute approximate surface area is 62.5 Å². The molecule has 0 fully saturated rings. The quantitative estimate of drug-likeness (QED) is 0.387. The number of quaternary nitrogens is 1. The molecule has 0 aliphatic carbocycles. The van der Waals surface area contributed by atoms with Crippen molar-refractivity contribution in [3.8, 4) is 0 Å². The third-order valence-corrected chi connectivity index (χ3v) is 0. The molecule has 42 valence electrons. The van der Waals surface area contributed by atoms with E-state index in [2.05, 4.69) is 21.1 Å². The summed E-state index contributed by atoms with van der Waals surface area (Å²) in [7, 11) is 6.25. The van der Waals surface area contributed by atoms with Crippen LogP contribution in [0.5, 0.6) is 0 Å². The van der Waals surface area contributed by atoms with Crippen molar-refractivity contribution in [3.05, 3.63) is 0 Å². The fraction of sp³-hybridized carbons (Fsp3) is 1.00. The third-order valence-electron chi connectivity index (χ3n) is 0. The fourth-order valence-corrected chi connectivity index (χ4v) is 0. The second-order valence-electron chi connectivity index (χ2n) is 1.50. The molecule has 0 spiro atoms. The van der Waals surface area contributed by atoms with Crippen LogP contribution in [0, 0.1) is 0 Å². The zero-order valence-electron chi connectivity index (χ0n) is 3.88. The van der Waals surface area contributed by atoms with Crippen molar-refractivity contribution in [2.24, 2.45) is 0 Å². The van der Waals surface area contributed by atoms with Crippen LogP contribution in [0.2, 0.25) is 0 Å². The van der Waals surface area contributed by atoms with E-state index in [-0.39, 0.29) is 36.3 Å². The van der Waals surface area contributed by atoms with E-state index in [4.69, 9.17) is 0 Å². The van der Waals surface area contributed by atoms with Crippen LogP contribution in [0.4, 0.5) is 0 Å². The molecule has 0 saturated heterocycles. The Kier molecular flexibility index (Phi) is 24.7. The second kappa shape index (κ2) is 9.41. The minimum atomic E-state index is 0. The first-order chi connectivity index (χ1) is 1.73. The summed E-state index contributed by atoms with van der Waals surface area (Å²) >= 11 is 0. The molecule has 0 aromatic carbocycles. The van der Waals surface area contributed by atoms with Crippen LogP contribution >= 0.6 is 0 Å². The molecule has 0 amide bonds. The molecular weight excluding hydrogens is 204 g/mol. The van der Waals surface area contributed by atoms with Gasteiger partial charge in [0.25, 0.3) is 0 Å². The van der Waals surface area contributed by atoms with E-state index in [0.717, 1.165) is 0 Å². The molecule has 0 saturated carbocycles. The topological polar surface area (TPSA) is 4.44 Å². The van der Waals surface area contributed by atoms with Crippen molar-refractivity contribution in [1.29, 1.82) is 0 Å². The van der Waals surface area contributed by atoms with Crippen LogP contribution in [0.25, 0.3) is 0 Å². The molecule has 1 nitrogen and oxygen atoms in total. The molecule has 3 heteroatoms. The number of hydrogen-bond acceptors (Lipinski definition) is 0. The Hall–Kier alpha value is 1.05. The zero-order valence-corrected chi connectivity index (χ0v) is 4.63. The van der Waals surface area contributed by atoms with Gasteiger partial charge in [-0.3, -0.25) is 0 Å². The van der Waals surface area contributed by atoms with E-state index in [1.165, 1.54) is 4.90 Å². The summed E-state index contributed by atoms with van der Waals surface area (Å²) in [5.74, 6) is 0. The first-order valence-electron chi connectivity index (χ1n) is 1.50. The molecule has 0 rings (SSSR count). The predicted octanol–water partition coefficient (Wildman–Crippen LogP) is -5.69. The van der Waals surface area contributed by atoms with E-state index >= 15 is 0 Å². The van der Waals surface area contributed by atoms with Crippen LogP contribution < -0.4 is 17.3 Å². The van der Waals surface area contributed by atoms with Crippen LogP contribution in [0.15, 0.2) is 0 Å². The van der Waals surface area contributed by atoms with Gasteiger partial charge in [0.05, 0.1) is 21.1 Å². The van der Waals surface area contributed by atoms with Crippen molar-refractivity contribution in [2.75, 3.05) is 21.1 Å². The summed E-state index contributed by atoms with van der Waals surface area (Å²) in [6.45, 7) is 0. The first kappa shape index (κ1) is 15.7. The summed E-state index contributed by atoms with van der Waals surface area (Å²) in [5, 5.41) is 0. The van der Waals surface area contributed by atoms with Gasteiger partial charge in [-0.25, -0.2) is 0 Å². The summed E-state index contributed by atoms with van der Waals surface area (Å²) in [5.41, 5.74) is 0. The third kappa shape index (κ3) is 75.3. The van der Waals surface area contributed by atoms with Gasteiger partial charge >= 0.3 is 23.9 Å². The zero-order chi connectivity index (χ0) is 3.58. The molecule has 0 atom stereocenters. The molecule has 0 aliphatic rings. The van der Waals surface area contributed by atoms with Gasteiger partial charge in [0.15, 0.2) is 0 Å². The van der Waals surface area contributed by atoms with E-state index in [0.29, 0.717) is 0 Å². The van der Waals surface area contributed by atoms with E-state index < -0.39 is 0 Å². The SMILES string of the molecule is C[NH+](C)C.[Cl-].[SnH4]. The standard InChI is InChI=1S/C3H9N.ClH.Sn.4H/c1-4(2)3;;;;;;/h1-3H3;1H;;;;;. The number of rotatable bonds is 0. The Morgan fingerprint density at radius 3 is 1.00 bits per heavy atom. The molecule has 0 aromatic rings. The van der Waals surface area contributed by atoms with Gasteiger partial charge in [0.2, 0.25) is 0 Å². The molecule has 0 bridgehead atoms. The maximum atomic E-state index is 2.08. The van der Waals surface area contributed by atoms with Gasteiger partial charge in [0.1, 0.15) is 0 Å². The molecular formula is C3H14ClNSn. The number of hydrogen-bond donors (Lipinski definition) is 1. The van der Waals surface area contributed by atoms with Crippen molar-refractivity contribution in [1.82, 2.24) is 0 Å². The van der Waals surface area contributed by atoms with Crippen LogP contribution in [0.1, 0.15) is 0 Å². The Morgan fingerprint density at radius 1 is 1.00 bits per heavy atom. The molecule has 6 heavy (non-hydrogen) atoms. The average Bonchev–Trinajstić information content (AvgIpc) is 0.811. The van der Waals surface area contributed by atoms with Gasteiger partial charge in [-0.05, 0) is 0 Å². The average molecular weight is 218 g/mol. The normalized spacial score (nSPS) is 6.00. The Morgan fingerprint density at radius 2 is 1.00 bits per heavy atom. The van der Waals surface area contributed by atoms with Crippen LogP contribution in [-0.2, 0) is 0 Å². The van der Waals surface area contributed by atoms with Gasteiger partial charge in [-0.15, -0.1) is 0 Å². The van der Waals surface area contributed by atoms with Crippen molar-refractivity contribution in [2.45, 2.75) is 0 Å². The van der Waals surface area contributed by atoms with Crippen molar-refractivity contribution < 1.29 is 17.3 Å². The molecule has 0 unspecified atom stereocenters. The maximum absolute atomic E-state index is 2.08. The monoisotopic (exact) mass is 219 g/mol. The van der Waals surface area contributed by atoms with Gasteiger partial charge < -0.3 is 17.3 Å². The van der Waals surface area contributed by atoms with Gasteiger partial charge in [-0.1, -0.05) is 0 Å². The summed E-state index contributed by atoms with van der Waals surface area (Å²) in [6.07, 6.45) is 0. The number of halogens is 1. The summed E-state index contributed by atoms with van der Waals surface area (Å²) in [4.78, 5) is 1.42. The van der Waals surface area contributed by atoms with Crippen molar-refractivity contribution >= 4 is 23.9 Å². The molecule has 0 radical (unpaired) electrons. The molecule has 0 aromatic heterocycles. The summed E-state index contributed by atoms with van der Waals surface area (Å²) in [6, 6.07) is 0. The molecule has 0 heterocycles. The fourth-order valence-electron chi connectivity index (χ4n) is 0. The van der Waals surface area contributed by atoms with Gasteiger partial charge in [0, 0.05) is 0 Å². The molecule has 1 N–H and O–H groups in total. The Balaban J connectivity index is -0.0000000450. The van der Waals surface area contributed by atoms with E-state index in [1.807, 2.05) is 0 Å². The van der Waals surface area contributed by atoms with E-state index in [9.17, 15) is 0 Å². The van der Waals surface area contributed by atoms with E-state index in [1.54, 1.807) is 0 Å². The predicted molar refractivity (Wildman–Crippen MR) is 30.1 cm³/mol. The summed E-state index contributed by atoms with van der Waals surface area (Å²) < 4.78 is 0. The molecule has 0 aliphatic heterocycles. The van der Waals surface area contributed by atoms with Crippen molar-refractivity contribution in [3.63, 3.8) is 0 Å². The Bertz CT molecular complexity index is 15.5. The second-order valence-corrected chi connectivity index (χ2v) is 1.50. The first-order valence-corrected chi connectivity index (χ1v) is 1.50. The van der Waals surface area contributed by atoms with Crippen LogP contribution in [-0.4, -0.2) is 45.1 Å². The van der Waals surface area contributed by atoms with Gasteiger partial charge in [-0.2, -0.15) is 0 Å². The minimum absolute atomic E-state index is 0. The number of nitrogens with one attached hydrogen (secondary N) is 1.